The number of hydrogen-bond donors (Lipinski definition) is 0. The third kappa shape index (κ3) is 3.85. The predicted octanol–water partition coefficient (Wildman–Crippen LogP) is 4.29. The van der Waals surface area contributed by atoms with Gasteiger partial charge in [-0.2, -0.15) is 5.10 Å². The first-order valence-corrected chi connectivity index (χ1v) is 10.8. The number of anilines is 1. The Morgan fingerprint density at radius 3 is 2.28 bits per heavy atom. The second-order valence-corrected chi connectivity index (χ2v) is 8.25. The molecule has 32 heavy (non-hydrogen) atoms. The highest BCUT2D eigenvalue weighted by Gasteiger charge is 2.32. The smallest absolute Gasteiger partial charge is 0.255 e. The van der Waals surface area contributed by atoms with E-state index >= 15 is 0 Å². The van der Waals surface area contributed by atoms with Gasteiger partial charge in [-0.3, -0.25) is 4.57 Å². The van der Waals surface area contributed by atoms with Gasteiger partial charge in [0.1, 0.15) is 0 Å². The highest BCUT2D eigenvalue weighted by molar-refractivity contribution is 6.30. The highest BCUT2D eigenvalue weighted by Crippen LogP contribution is 2.31. The summed E-state index contributed by atoms with van der Waals surface area (Å²) in [4.78, 5) is 12.9. The third-order valence-corrected chi connectivity index (χ3v) is 5.91. The fourth-order valence-electron chi connectivity index (χ4n) is 4.04. The second kappa shape index (κ2) is 8.48. The van der Waals surface area contributed by atoms with E-state index in [2.05, 4.69) is 17.2 Å². The molecule has 0 fully saturated rings. The molecule has 7 heteroatoms. The maximum atomic E-state index is 12.9. The molecule has 160 valence electrons. The molecule has 1 aliphatic rings. The number of rotatable bonds is 5. The van der Waals surface area contributed by atoms with Crippen LogP contribution in [0.25, 0.3) is 0 Å². The molecule has 1 atom stereocenters. The topological polar surface area (TPSA) is 55.4 Å². The monoisotopic (exact) mass is 443 g/mol. The highest BCUT2D eigenvalue weighted by atomic mass is 35.5. The summed E-state index contributed by atoms with van der Waals surface area (Å²) in [6.45, 7) is 1.02. The summed E-state index contributed by atoms with van der Waals surface area (Å²) >= 11 is 6.11. The van der Waals surface area contributed by atoms with Gasteiger partial charge >= 0.3 is 5.69 Å². The summed E-state index contributed by atoms with van der Waals surface area (Å²) in [5.41, 5.74) is 3.95. The molecule has 0 amide bonds. The normalized spacial score (nSPS) is 15.8. The van der Waals surface area contributed by atoms with Crippen LogP contribution in [0, 0.1) is 0 Å². The Labute approximate surface area is 191 Å². The first kappa shape index (κ1) is 20.3. The van der Waals surface area contributed by atoms with Crippen LogP contribution in [-0.2, 0) is 13.6 Å². The van der Waals surface area contributed by atoms with Gasteiger partial charge < -0.3 is 0 Å². The van der Waals surface area contributed by atoms with E-state index in [9.17, 15) is 4.79 Å². The van der Waals surface area contributed by atoms with Crippen LogP contribution in [0.5, 0.6) is 0 Å². The van der Waals surface area contributed by atoms with Crippen LogP contribution in [0.3, 0.4) is 0 Å². The van der Waals surface area contributed by atoms with Crippen molar-refractivity contribution in [3.05, 3.63) is 117 Å². The largest absolute Gasteiger partial charge is 0.347 e. The Hall–Kier alpha value is -3.64. The summed E-state index contributed by atoms with van der Waals surface area (Å²) in [5.74, 6) is 0.575. The lowest BCUT2D eigenvalue weighted by atomic mass is 9.91. The van der Waals surface area contributed by atoms with Crippen molar-refractivity contribution in [2.45, 2.75) is 12.5 Å². The van der Waals surface area contributed by atoms with Gasteiger partial charge in [-0.1, -0.05) is 84.4 Å². The van der Waals surface area contributed by atoms with E-state index in [1.807, 2.05) is 77.8 Å². The molecule has 0 N–H and O–H groups in total. The number of hydrogen-bond acceptors (Lipinski definition) is 4. The lowest BCUT2D eigenvalue weighted by molar-refractivity contribution is 0.689. The number of halogens is 1. The van der Waals surface area contributed by atoms with Crippen LogP contribution in [0.2, 0.25) is 5.02 Å². The van der Waals surface area contributed by atoms with Gasteiger partial charge in [0.05, 0.1) is 18.8 Å². The summed E-state index contributed by atoms with van der Waals surface area (Å²) in [6, 6.07) is 27.9. The first-order chi connectivity index (χ1) is 15.6. The van der Waals surface area contributed by atoms with Crippen molar-refractivity contribution in [2.75, 3.05) is 11.6 Å². The van der Waals surface area contributed by atoms with Crippen LogP contribution >= 0.6 is 11.6 Å². The molecule has 0 radical (unpaired) electrons. The van der Waals surface area contributed by atoms with E-state index in [1.54, 1.807) is 11.6 Å². The zero-order valence-electron chi connectivity index (χ0n) is 17.6. The first-order valence-electron chi connectivity index (χ1n) is 10.4. The van der Waals surface area contributed by atoms with Crippen molar-refractivity contribution in [3.63, 3.8) is 0 Å². The molecule has 0 aliphatic carbocycles. The van der Waals surface area contributed by atoms with E-state index < -0.39 is 0 Å². The lowest BCUT2D eigenvalue weighted by Crippen LogP contribution is -2.26. The zero-order valence-corrected chi connectivity index (χ0v) is 18.4. The van der Waals surface area contributed by atoms with Crippen LogP contribution < -0.4 is 10.7 Å². The predicted molar refractivity (Wildman–Crippen MR) is 128 cm³/mol. The van der Waals surface area contributed by atoms with Crippen LogP contribution in [-0.4, -0.2) is 26.6 Å². The summed E-state index contributed by atoms with van der Waals surface area (Å²) in [5, 5.41) is 12.0. The molecule has 2 heterocycles. The van der Waals surface area contributed by atoms with E-state index in [1.165, 1.54) is 4.68 Å². The summed E-state index contributed by atoms with van der Waals surface area (Å²) in [7, 11) is 1.67. The maximum absolute atomic E-state index is 12.9. The second-order valence-electron chi connectivity index (χ2n) is 7.82. The fourth-order valence-corrected chi connectivity index (χ4v) is 4.17. The van der Waals surface area contributed by atoms with E-state index in [-0.39, 0.29) is 11.6 Å². The van der Waals surface area contributed by atoms with Gasteiger partial charge in [-0.05, 0) is 28.8 Å². The standard InChI is InChI=1S/C25H22ClN5O/c1-29-25(32)30(16-18-8-4-2-5-9-18)24(28-29)31-17-22(19-10-6-3-7-11-19)23(27-31)20-12-14-21(26)15-13-20/h2-15,22H,16-17H2,1H3. The van der Waals surface area contributed by atoms with Crippen LogP contribution in [0.4, 0.5) is 5.95 Å². The average Bonchev–Trinajstić information content (AvgIpc) is 3.38. The summed E-state index contributed by atoms with van der Waals surface area (Å²) < 4.78 is 3.04. The Bertz CT molecular complexity index is 1310. The molecule has 0 saturated heterocycles. The Kier molecular flexibility index (Phi) is 5.37. The lowest BCUT2D eigenvalue weighted by Gasteiger charge is -2.16. The minimum Gasteiger partial charge on any atom is -0.255 e. The molecular weight excluding hydrogens is 422 g/mol. The van der Waals surface area contributed by atoms with Gasteiger partial charge in [0.2, 0.25) is 5.95 Å². The molecule has 3 aromatic carbocycles. The van der Waals surface area contributed by atoms with Crippen LogP contribution in [0.1, 0.15) is 22.6 Å². The number of hydrazone groups is 1. The fraction of sp³-hybridized carbons (Fsp3) is 0.160. The van der Waals surface area contributed by atoms with Crippen molar-refractivity contribution in [3.8, 4) is 0 Å². The maximum Gasteiger partial charge on any atom is 0.347 e. The van der Waals surface area contributed by atoms with Crippen molar-refractivity contribution >= 4 is 23.3 Å². The van der Waals surface area contributed by atoms with Crippen molar-refractivity contribution in [1.29, 1.82) is 0 Å². The molecule has 6 nitrogen and oxygen atoms in total. The molecule has 1 aromatic heterocycles. The van der Waals surface area contributed by atoms with Crippen LogP contribution in [0.15, 0.2) is 94.8 Å². The molecule has 1 aliphatic heterocycles. The molecule has 5 rings (SSSR count). The quantitative estimate of drug-likeness (QED) is 0.462. The van der Waals surface area contributed by atoms with Crippen molar-refractivity contribution < 1.29 is 0 Å². The Morgan fingerprint density at radius 1 is 0.938 bits per heavy atom. The van der Waals surface area contributed by atoms with Crippen molar-refractivity contribution in [1.82, 2.24) is 14.3 Å². The van der Waals surface area contributed by atoms with E-state index in [0.717, 1.165) is 22.4 Å². The molecule has 4 aromatic rings. The molecule has 0 saturated carbocycles. The van der Waals surface area contributed by atoms with Gasteiger partial charge in [0.25, 0.3) is 0 Å². The van der Waals surface area contributed by atoms with E-state index in [4.69, 9.17) is 16.7 Å². The minimum absolute atomic E-state index is 0.0414. The Morgan fingerprint density at radius 2 is 1.59 bits per heavy atom. The number of aromatic nitrogens is 3. The number of nitrogens with zero attached hydrogens (tertiary/aromatic N) is 5. The van der Waals surface area contributed by atoms with Gasteiger partial charge in [0, 0.05) is 18.0 Å². The number of aryl methyl sites for hydroxylation is 1. The molecule has 0 spiro atoms. The minimum atomic E-state index is -0.171. The third-order valence-electron chi connectivity index (χ3n) is 5.66. The average molecular weight is 444 g/mol. The Balaban J connectivity index is 1.58. The van der Waals surface area contributed by atoms with Gasteiger partial charge in [-0.25, -0.2) is 14.5 Å². The van der Waals surface area contributed by atoms with E-state index in [0.29, 0.717) is 24.1 Å². The van der Waals surface area contributed by atoms with Gasteiger partial charge in [-0.15, -0.1) is 5.10 Å². The zero-order chi connectivity index (χ0) is 22.1. The number of benzene rings is 3. The molecule has 0 bridgehead atoms. The SMILES string of the molecule is Cn1nc(N2CC(c3ccccc3)C(c3ccc(Cl)cc3)=N2)n(Cc2ccccc2)c1=O. The molecular formula is C25H22ClN5O. The molecule has 1 unspecified atom stereocenters. The van der Waals surface area contributed by atoms with Gasteiger partial charge in [0.15, 0.2) is 0 Å². The van der Waals surface area contributed by atoms with Crippen molar-refractivity contribution in [2.24, 2.45) is 12.1 Å². The summed E-state index contributed by atoms with van der Waals surface area (Å²) in [6.07, 6.45) is 0.